The molecule has 6 rings (SSSR count). The van der Waals surface area contributed by atoms with Gasteiger partial charge in [-0.2, -0.15) is 5.10 Å². The van der Waals surface area contributed by atoms with E-state index < -0.39 is 6.23 Å². The first kappa shape index (κ1) is 22.1. The summed E-state index contributed by atoms with van der Waals surface area (Å²) >= 11 is 0. The van der Waals surface area contributed by atoms with Gasteiger partial charge in [0.25, 0.3) is 0 Å². The smallest absolute Gasteiger partial charge is 0.181 e. The Labute approximate surface area is 209 Å². The van der Waals surface area contributed by atoms with Crippen LogP contribution in [0.1, 0.15) is 24.4 Å². The number of amidine groups is 2. The van der Waals surface area contributed by atoms with Gasteiger partial charge in [-0.1, -0.05) is 30.3 Å². The topological polar surface area (TPSA) is 76.3 Å². The molecule has 0 fully saturated rings. The molecule has 1 aromatic heterocycles. The van der Waals surface area contributed by atoms with Gasteiger partial charge in [-0.25, -0.2) is 14.7 Å². The number of aromatic nitrogens is 2. The molecule has 8 heteroatoms. The van der Waals surface area contributed by atoms with Crippen molar-refractivity contribution in [2.24, 2.45) is 9.98 Å². The first-order valence-electron chi connectivity index (χ1n) is 11.9. The second-order valence-corrected chi connectivity index (χ2v) is 8.49. The van der Waals surface area contributed by atoms with E-state index in [1.165, 1.54) is 0 Å². The number of anilines is 2. The Hall–Kier alpha value is -4.43. The number of rotatable bonds is 5. The van der Waals surface area contributed by atoms with Crippen molar-refractivity contribution in [2.75, 3.05) is 23.9 Å². The van der Waals surface area contributed by atoms with Crippen LogP contribution in [0, 0.1) is 6.92 Å². The van der Waals surface area contributed by atoms with Crippen molar-refractivity contribution in [3.05, 3.63) is 90.1 Å². The number of nitrogens with zero attached hydrogens (tertiary/aromatic N) is 5. The standard InChI is InChI=1S/C28H26N6O2/c1-4-36-28-24-18(2)32-34(20-10-6-5-7-11-20)26(24)31-27-25(29-19-14-16-21(35-3)17-15-19)30-22-12-8-9-13-23(22)33(27)28/h5-17,28H,4H2,1-3H3,(H,29,30). The minimum atomic E-state index is -0.403. The number of para-hydroxylation sites is 3. The fourth-order valence-corrected chi connectivity index (χ4v) is 4.62. The first-order valence-corrected chi connectivity index (χ1v) is 11.9. The second kappa shape index (κ2) is 8.98. The van der Waals surface area contributed by atoms with E-state index in [2.05, 4.69) is 10.2 Å². The zero-order chi connectivity index (χ0) is 24.6. The van der Waals surface area contributed by atoms with Crippen LogP contribution in [0.15, 0.2) is 88.8 Å². The zero-order valence-electron chi connectivity index (χ0n) is 20.3. The van der Waals surface area contributed by atoms with Gasteiger partial charge in [-0.15, -0.1) is 0 Å². The molecule has 2 aliphatic heterocycles. The molecule has 0 bridgehead atoms. The molecule has 2 aliphatic rings. The molecule has 36 heavy (non-hydrogen) atoms. The maximum atomic E-state index is 6.39. The average molecular weight is 479 g/mol. The molecule has 8 nitrogen and oxygen atoms in total. The number of methoxy groups -OCH3 is 1. The number of nitrogens with one attached hydrogen (secondary N) is 1. The Kier molecular flexibility index (Phi) is 5.50. The summed E-state index contributed by atoms with van der Waals surface area (Å²) in [6, 6.07) is 25.8. The number of hydrogen-bond acceptors (Lipinski definition) is 7. The first-order chi connectivity index (χ1) is 17.7. The minimum absolute atomic E-state index is 0.403. The number of aliphatic imine (C=N–C) groups is 2. The van der Waals surface area contributed by atoms with Gasteiger partial charge in [-0.3, -0.25) is 4.90 Å². The third-order valence-corrected chi connectivity index (χ3v) is 6.27. The Bertz CT molecular complexity index is 1470. The van der Waals surface area contributed by atoms with Crippen molar-refractivity contribution in [2.45, 2.75) is 20.1 Å². The summed E-state index contributed by atoms with van der Waals surface area (Å²) in [6.45, 7) is 4.54. The molecule has 1 N–H and O–H groups in total. The van der Waals surface area contributed by atoms with Crippen LogP contribution in [0.2, 0.25) is 0 Å². The van der Waals surface area contributed by atoms with E-state index in [1.807, 2.05) is 97.4 Å². The Balaban J connectivity index is 1.54. The molecule has 0 amide bonds. The van der Waals surface area contributed by atoms with Crippen LogP contribution >= 0.6 is 0 Å². The maximum absolute atomic E-state index is 6.39. The minimum Gasteiger partial charge on any atom is -0.497 e. The highest BCUT2D eigenvalue weighted by Gasteiger charge is 2.41. The Morgan fingerprint density at radius 3 is 2.42 bits per heavy atom. The molecular formula is C28H26N6O2. The van der Waals surface area contributed by atoms with Crippen molar-refractivity contribution in [1.82, 2.24) is 9.78 Å². The van der Waals surface area contributed by atoms with Gasteiger partial charge < -0.3 is 14.8 Å². The lowest BCUT2D eigenvalue weighted by molar-refractivity contribution is 0.0685. The van der Waals surface area contributed by atoms with Gasteiger partial charge in [0.2, 0.25) is 0 Å². The molecule has 3 aromatic carbocycles. The second-order valence-electron chi connectivity index (χ2n) is 8.49. The summed E-state index contributed by atoms with van der Waals surface area (Å²) in [5.74, 6) is 2.84. The van der Waals surface area contributed by atoms with Crippen molar-refractivity contribution in [3.63, 3.8) is 0 Å². The van der Waals surface area contributed by atoms with Crippen LogP contribution in [0.25, 0.3) is 5.69 Å². The lowest BCUT2D eigenvalue weighted by Gasteiger charge is -2.39. The Morgan fingerprint density at radius 1 is 0.917 bits per heavy atom. The molecule has 0 aliphatic carbocycles. The molecule has 0 radical (unpaired) electrons. The lowest BCUT2D eigenvalue weighted by atomic mass is 10.1. The largest absolute Gasteiger partial charge is 0.497 e. The molecule has 1 atom stereocenters. The van der Waals surface area contributed by atoms with Gasteiger partial charge in [0.1, 0.15) is 5.75 Å². The van der Waals surface area contributed by atoms with Crippen LogP contribution in [0.4, 0.5) is 22.9 Å². The monoisotopic (exact) mass is 478 g/mol. The summed E-state index contributed by atoms with van der Waals surface area (Å²) in [5, 5.41) is 8.33. The molecule has 1 unspecified atom stereocenters. The van der Waals surface area contributed by atoms with Crippen molar-refractivity contribution < 1.29 is 9.47 Å². The highest BCUT2D eigenvalue weighted by atomic mass is 16.5. The normalized spacial score (nSPS) is 15.9. The average Bonchev–Trinajstić information content (AvgIpc) is 3.26. The number of aryl methyl sites for hydroxylation is 1. The van der Waals surface area contributed by atoms with Gasteiger partial charge in [0.15, 0.2) is 23.7 Å². The number of ether oxygens (including phenoxy) is 2. The highest BCUT2D eigenvalue weighted by molar-refractivity contribution is 6.51. The summed E-state index contributed by atoms with van der Waals surface area (Å²) in [5.41, 5.74) is 5.42. The van der Waals surface area contributed by atoms with Gasteiger partial charge in [0, 0.05) is 12.3 Å². The summed E-state index contributed by atoms with van der Waals surface area (Å²) in [7, 11) is 1.66. The number of benzene rings is 3. The molecule has 180 valence electrons. The summed E-state index contributed by atoms with van der Waals surface area (Å²) < 4.78 is 13.6. The number of fused-ring (bicyclic) bond motifs is 4. The molecule has 0 saturated carbocycles. The predicted octanol–water partition coefficient (Wildman–Crippen LogP) is 5.93. The van der Waals surface area contributed by atoms with Crippen LogP contribution in [-0.2, 0) is 4.74 Å². The van der Waals surface area contributed by atoms with E-state index in [-0.39, 0.29) is 0 Å². The molecular weight excluding hydrogens is 452 g/mol. The van der Waals surface area contributed by atoms with Gasteiger partial charge in [-0.05, 0) is 62.4 Å². The van der Waals surface area contributed by atoms with E-state index in [0.29, 0.717) is 18.3 Å². The summed E-state index contributed by atoms with van der Waals surface area (Å²) in [4.78, 5) is 12.2. The van der Waals surface area contributed by atoms with E-state index in [1.54, 1.807) is 7.11 Å². The fourth-order valence-electron chi connectivity index (χ4n) is 4.62. The van der Waals surface area contributed by atoms with E-state index >= 15 is 0 Å². The SMILES string of the molecule is CCOC1c2c(C)nn(-c3ccccc3)c2N=C2C(Nc3ccc(OC)cc3)=Nc3ccccc3N21. The van der Waals surface area contributed by atoms with Crippen LogP contribution in [0.5, 0.6) is 5.75 Å². The number of hydrogen-bond donors (Lipinski definition) is 1. The van der Waals surface area contributed by atoms with Crippen LogP contribution in [0.3, 0.4) is 0 Å². The van der Waals surface area contributed by atoms with E-state index in [9.17, 15) is 0 Å². The third kappa shape index (κ3) is 3.63. The molecule has 0 saturated heterocycles. The van der Waals surface area contributed by atoms with Gasteiger partial charge in [0.05, 0.1) is 35.4 Å². The van der Waals surface area contributed by atoms with Crippen molar-refractivity contribution in [3.8, 4) is 11.4 Å². The van der Waals surface area contributed by atoms with Gasteiger partial charge >= 0.3 is 0 Å². The van der Waals surface area contributed by atoms with Crippen LogP contribution < -0.4 is 15.0 Å². The van der Waals surface area contributed by atoms with E-state index in [0.717, 1.165) is 45.6 Å². The van der Waals surface area contributed by atoms with Crippen molar-refractivity contribution >= 4 is 34.6 Å². The molecule has 3 heterocycles. The Morgan fingerprint density at radius 2 is 1.67 bits per heavy atom. The predicted molar refractivity (Wildman–Crippen MR) is 142 cm³/mol. The molecule has 0 spiro atoms. The summed E-state index contributed by atoms with van der Waals surface area (Å²) in [6.07, 6.45) is -0.403. The van der Waals surface area contributed by atoms with Crippen molar-refractivity contribution in [1.29, 1.82) is 0 Å². The fraction of sp³-hybridized carbons (Fsp3) is 0.179. The maximum Gasteiger partial charge on any atom is 0.181 e. The van der Waals surface area contributed by atoms with Crippen LogP contribution in [-0.4, -0.2) is 35.2 Å². The van der Waals surface area contributed by atoms with E-state index in [4.69, 9.17) is 24.6 Å². The molecule has 4 aromatic rings. The highest BCUT2D eigenvalue weighted by Crippen LogP contribution is 2.46. The quantitative estimate of drug-likeness (QED) is 0.385. The lowest BCUT2D eigenvalue weighted by Crippen LogP contribution is -2.47. The zero-order valence-corrected chi connectivity index (χ0v) is 20.3. The third-order valence-electron chi connectivity index (χ3n) is 6.27.